The fourth-order valence-electron chi connectivity index (χ4n) is 10.3. The molecule has 0 amide bonds. The summed E-state index contributed by atoms with van der Waals surface area (Å²) in [5.74, 6) is 0. The van der Waals surface area contributed by atoms with Gasteiger partial charge < -0.3 is 28.4 Å². The van der Waals surface area contributed by atoms with Gasteiger partial charge >= 0.3 is 0 Å². The minimum absolute atomic E-state index is 0.0738. The third-order valence-corrected chi connectivity index (χ3v) is 14.3. The van der Waals surface area contributed by atoms with E-state index in [1.54, 1.807) is 0 Å². The molecule has 390 valence electrons. The van der Waals surface area contributed by atoms with Crippen molar-refractivity contribution < 1.29 is 28.4 Å². The van der Waals surface area contributed by atoms with Gasteiger partial charge in [0.1, 0.15) is 35.6 Å². The van der Waals surface area contributed by atoms with Crippen LogP contribution >= 0.6 is 0 Å². The van der Waals surface area contributed by atoms with Gasteiger partial charge in [0.2, 0.25) is 0 Å². The average molecular weight is 1030 g/mol. The molecule has 0 spiro atoms. The number of hydrogen-bond donors (Lipinski definition) is 0. The summed E-state index contributed by atoms with van der Waals surface area (Å²) in [5, 5.41) is 0. The molecule has 0 bridgehead atoms. The number of rotatable bonds is 27. The lowest BCUT2D eigenvalue weighted by molar-refractivity contribution is -0.215. The maximum Gasteiger partial charge on any atom is 0.143 e. The Morgan fingerprint density at radius 2 is 0.397 bits per heavy atom. The molecule has 0 aromatic heterocycles. The van der Waals surface area contributed by atoms with Crippen molar-refractivity contribution in [2.75, 3.05) is 13.2 Å². The van der Waals surface area contributed by atoms with Crippen LogP contribution in [0.4, 0.5) is 0 Å². The van der Waals surface area contributed by atoms with Crippen molar-refractivity contribution in [3.63, 3.8) is 0 Å². The van der Waals surface area contributed by atoms with E-state index >= 15 is 0 Å². The van der Waals surface area contributed by atoms with Crippen LogP contribution in [0.3, 0.4) is 0 Å². The van der Waals surface area contributed by atoms with Crippen molar-refractivity contribution in [2.24, 2.45) is 0 Å². The summed E-state index contributed by atoms with van der Waals surface area (Å²) in [6.07, 6.45) is -3.20. The first-order valence-electron chi connectivity index (χ1n) is 26.9. The third kappa shape index (κ3) is 13.2. The molecule has 0 aliphatic heterocycles. The van der Waals surface area contributed by atoms with Gasteiger partial charge in [0.25, 0.3) is 0 Å². The van der Waals surface area contributed by atoms with Crippen molar-refractivity contribution in [3.8, 4) is 0 Å². The fraction of sp³-hybridized carbons (Fsp3) is 0.167. The Kier molecular flexibility index (Phi) is 18.7. The Balaban J connectivity index is 1.15. The highest BCUT2D eigenvalue weighted by Crippen LogP contribution is 2.43. The van der Waals surface area contributed by atoms with Crippen LogP contribution in [0.1, 0.15) is 55.6 Å². The number of benzene rings is 10. The van der Waals surface area contributed by atoms with Crippen LogP contribution in [-0.2, 0) is 66.1 Å². The minimum atomic E-state index is -1.07. The molecule has 0 radical (unpaired) electrons. The smallest absolute Gasteiger partial charge is 0.143 e. The molecule has 6 heteroatoms. The molecule has 4 atom stereocenters. The molecule has 0 fully saturated rings. The van der Waals surface area contributed by atoms with Gasteiger partial charge in [0, 0.05) is 0 Å². The van der Waals surface area contributed by atoms with E-state index in [-0.39, 0.29) is 39.6 Å². The molecule has 0 saturated heterocycles. The van der Waals surface area contributed by atoms with E-state index in [0.29, 0.717) is 0 Å². The van der Waals surface area contributed by atoms with Crippen molar-refractivity contribution in [1.82, 2.24) is 0 Å². The van der Waals surface area contributed by atoms with Gasteiger partial charge in [-0.25, -0.2) is 0 Å². The SMILES string of the molecule is c1ccc(CO[C@H]([C@@H](OCc2ccccc2)[C@@H](COC(c2ccccc2)(c2ccccc2)c2ccccc2)OCc2ccccc2)[C@@H](COC(c2ccccc2)(c2ccccc2)c2ccccc2)OCc2ccccc2)cc1. The maximum absolute atomic E-state index is 7.75. The second-order valence-electron chi connectivity index (χ2n) is 19.4. The molecule has 78 heavy (non-hydrogen) atoms. The molecule has 0 unspecified atom stereocenters. The van der Waals surface area contributed by atoms with Gasteiger partial charge in [-0.15, -0.1) is 0 Å². The zero-order valence-electron chi connectivity index (χ0n) is 43.9. The van der Waals surface area contributed by atoms with Crippen LogP contribution in [-0.4, -0.2) is 37.6 Å². The fourth-order valence-corrected chi connectivity index (χ4v) is 10.3. The number of hydrogen-bond acceptors (Lipinski definition) is 6. The largest absolute Gasteiger partial charge is 0.368 e. The highest BCUT2D eigenvalue weighted by Gasteiger charge is 2.45. The second-order valence-corrected chi connectivity index (χ2v) is 19.4. The predicted octanol–water partition coefficient (Wildman–Crippen LogP) is 15.3. The summed E-state index contributed by atoms with van der Waals surface area (Å²) in [4.78, 5) is 0. The van der Waals surface area contributed by atoms with Crippen LogP contribution in [0.5, 0.6) is 0 Å². The zero-order valence-corrected chi connectivity index (χ0v) is 43.9. The topological polar surface area (TPSA) is 55.4 Å². The molecular weight excluding hydrogens is 961 g/mol. The van der Waals surface area contributed by atoms with Crippen LogP contribution in [0.15, 0.2) is 303 Å². The van der Waals surface area contributed by atoms with Gasteiger partial charge in [-0.1, -0.05) is 303 Å². The average Bonchev–Trinajstić information content (AvgIpc) is 3.56. The summed E-state index contributed by atoms with van der Waals surface area (Å²) in [5.41, 5.74) is 7.68. The van der Waals surface area contributed by atoms with Gasteiger partial charge in [0.15, 0.2) is 0 Å². The minimum Gasteiger partial charge on any atom is -0.368 e. The molecule has 0 aliphatic carbocycles. The molecule has 0 N–H and O–H groups in total. The monoisotopic (exact) mass is 1030 g/mol. The summed E-state index contributed by atoms with van der Waals surface area (Å²) in [6, 6.07) is 104. The van der Waals surface area contributed by atoms with Gasteiger partial charge in [0.05, 0.1) is 39.6 Å². The Hall–Kier alpha value is -8.04. The van der Waals surface area contributed by atoms with Crippen LogP contribution in [0.25, 0.3) is 0 Å². The Morgan fingerprint density at radius 1 is 0.218 bits per heavy atom. The van der Waals surface area contributed by atoms with Crippen LogP contribution in [0, 0.1) is 0 Å². The quantitative estimate of drug-likeness (QED) is 0.0479. The van der Waals surface area contributed by atoms with Crippen LogP contribution in [0.2, 0.25) is 0 Å². The van der Waals surface area contributed by atoms with E-state index in [0.717, 1.165) is 55.6 Å². The van der Waals surface area contributed by atoms with Crippen molar-refractivity contribution in [2.45, 2.75) is 62.0 Å². The standard InChI is InChI=1S/C72H66O6/c1-11-31-57(32-12-1)51-73-67(55-77-71(61-39-19-5-20-40-61,62-41-21-6-22-42-62)63-43-23-7-24-44-63)69(75-53-59-35-15-3-16-36-59)70(76-54-60-37-17-4-18-38-60)68(74-52-58-33-13-2-14-34-58)56-78-72(64-45-25-8-26-46-64,65-47-27-9-28-48-65)66-49-29-10-30-50-66/h1-50,67-70H,51-56H2/t67-,68-,69+,70+/m1/s1. The summed E-state index contributed by atoms with van der Waals surface area (Å²) in [7, 11) is 0. The normalized spacial score (nSPS) is 13.3. The van der Waals surface area contributed by atoms with E-state index in [4.69, 9.17) is 28.4 Å². The molecule has 6 nitrogen and oxygen atoms in total. The lowest BCUT2D eigenvalue weighted by atomic mass is 9.80. The lowest BCUT2D eigenvalue weighted by Gasteiger charge is -2.42. The van der Waals surface area contributed by atoms with E-state index in [9.17, 15) is 0 Å². The Bertz CT molecular complexity index is 2810. The van der Waals surface area contributed by atoms with Gasteiger partial charge in [-0.2, -0.15) is 0 Å². The van der Waals surface area contributed by atoms with Crippen LogP contribution < -0.4 is 0 Å². The van der Waals surface area contributed by atoms with E-state index in [1.165, 1.54) is 0 Å². The van der Waals surface area contributed by atoms with E-state index < -0.39 is 35.6 Å². The van der Waals surface area contributed by atoms with E-state index in [1.807, 2.05) is 109 Å². The molecular formula is C72H66O6. The second kappa shape index (κ2) is 27.3. The van der Waals surface area contributed by atoms with Crippen molar-refractivity contribution in [3.05, 3.63) is 359 Å². The highest BCUT2D eigenvalue weighted by molar-refractivity contribution is 5.49. The Morgan fingerprint density at radius 3 is 0.603 bits per heavy atom. The summed E-state index contributed by atoms with van der Waals surface area (Å²) in [6.45, 7) is 1.18. The molecule has 0 heterocycles. The van der Waals surface area contributed by atoms with Crippen molar-refractivity contribution >= 4 is 0 Å². The molecule has 0 aliphatic rings. The molecule has 10 rings (SSSR count). The first-order valence-corrected chi connectivity index (χ1v) is 26.9. The van der Waals surface area contributed by atoms with Gasteiger partial charge in [-0.3, -0.25) is 0 Å². The maximum atomic E-state index is 7.75. The summed E-state index contributed by atoms with van der Waals surface area (Å²) >= 11 is 0. The molecule has 10 aromatic rings. The summed E-state index contributed by atoms with van der Waals surface area (Å²) < 4.78 is 45.1. The Labute approximate surface area is 460 Å². The zero-order chi connectivity index (χ0) is 52.9. The molecule has 0 saturated carbocycles. The first-order chi connectivity index (χ1) is 38.7. The highest BCUT2D eigenvalue weighted by atomic mass is 16.6. The van der Waals surface area contributed by atoms with E-state index in [2.05, 4.69) is 194 Å². The van der Waals surface area contributed by atoms with Crippen molar-refractivity contribution in [1.29, 1.82) is 0 Å². The predicted molar refractivity (Wildman–Crippen MR) is 310 cm³/mol. The number of ether oxygens (including phenoxy) is 6. The first kappa shape index (κ1) is 53.4. The lowest BCUT2D eigenvalue weighted by Crippen LogP contribution is -2.53. The third-order valence-electron chi connectivity index (χ3n) is 14.3. The van der Waals surface area contributed by atoms with Gasteiger partial charge in [-0.05, 0) is 55.6 Å². The molecule has 10 aromatic carbocycles.